The van der Waals surface area contributed by atoms with Gasteiger partial charge in [0.05, 0.1) is 5.01 Å². The van der Waals surface area contributed by atoms with Gasteiger partial charge in [0.25, 0.3) is 5.91 Å². The van der Waals surface area contributed by atoms with Crippen LogP contribution in [-0.2, 0) is 0 Å². The maximum Gasteiger partial charge on any atom is 0.273 e. The standard InChI is InChI=1S/C17H21N3OS/c1-12-5-4-6-15(11-12)19-7-9-20(10-8-19)17(21)16-13(2)22-14(3)18-16/h4-6,11H,7-10H2,1-3H3. The molecule has 4 nitrogen and oxygen atoms in total. The van der Waals surface area contributed by atoms with Gasteiger partial charge in [0.15, 0.2) is 0 Å². The molecule has 0 unspecified atom stereocenters. The number of nitrogens with zero attached hydrogens (tertiary/aromatic N) is 3. The van der Waals surface area contributed by atoms with Crippen molar-refractivity contribution >= 4 is 22.9 Å². The van der Waals surface area contributed by atoms with Gasteiger partial charge in [-0.2, -0.15) is 0 Å². The fraction of sp³-hybridized carbons (Fsp3) is 0.412. The van der Waals surface area contributed by atoms with Crippen molar-refractivity contribution in [2.75, 3.05) is 31.1 Å². The van der Waals surface area contributed by atoms with Gasteiger partial charge in [-0.1, -0.05) is 12.1 Å². The molecule has 0 atom stereocenters. The van der Waals surface area contributed by atoms with Crippen molar-refractivity contribution in [1.82, 2.24) is 9.88 Å². The van der Waals surface area contributed by atoms with Gasteiger partial charge in [0.1, 0.15) is 5.69 Å². The van der Waals surface area contributed by atoms with Crippen LogP contribution in [0.2, 0.25) is 0 Å². The minimum Gasteiger partial charge on any atom is -0.368 e. The van der Waals surface area contributed by atoms with Gasteiger partial charge in [-0.05, 0) is 38.5 Å². The van der Waals surface area contributed by atoms with Gasteiger partial charge >= 0.3 is 0 Å². The molecule has 0 spiro atoms. The third-order valence-corrected chi connectivity index (χ3v) is 4.93. The number of anilines is 1. The molecule has 1 saturated heterocycles. The van der Waals surface area contributed by atoms with E-state index in [2.05, 4.69) is 41.1 Å². The molecule has 1 amide bonds. The quantitative estimate of drug-likeness (QED) is 0.855. The molecule has 2 heterocycles. The topological polar surface area (TPSA) is 36.4 Å². The summed E-state index contributed by atoms with van der Waals surface area (Å²) in [7, 11) is 0. The Morgan fingerprint density at radius 3 is 2.45 bits per heavy atom. The highest BCUT2D eigenvalue weighted by atomic mass is 32.1. The van der Waals surface area contributed by atoms with Gasteiger partial charge in [-0.25, -0.2) is 4.98 Å². The van der Waals surface area contributed by atoms with Crippen LogP contribution in [0.3, 0.4) is 0 Å². The fourth-order valence-corrected chi connectivity index (χ4v) is 3.68. The van der Waals surface area contributed by atoms with Crippen LogP contribution in [0.25, 0.3) is 0 Å². The molecule has 0 bridgehead atoms. The van der Waals surface area contributed by atoms with Crippen LogP contribution in [0, 0.1) is 20.8 Å². The minimum absolute atomic E-state index is 0.0748. The first-order valence-corrected chi connectivity index (χ1v) is 8.41. The minimum atomic E-state index is 0.0748. The Labute approximate surface area is 135 Å². The van der Waals surface area contributed by atoms with E-state index in [0.29, 0.717) is 5.69 Å². The van der Waals surface area contributed by atoms with E-state index < -0.39 is 0 Å². The van der Waals surface area contributed by atoms with E-state index in [1.165, 1.54) is 11.3 Å². The predicted octanol–water partition coefficient (Wildman–Crippen LogP) is 3.03. The zero-order valence-corrected chi connectivity index (χ0v) is 14.1. The summed E-state index contributed by atoms with van der Waals surface area (Å²) in [6, 6.07) is 8.53. The molecule has 1 aliphatic rings. The summed E-state index contributed by atoms with van der Waals surface area (Å²) in [5.74, 6) is 0.0748. The number of aryl methyl sites for hydroxylation is 3. The summed E-state index contributed by atoms with van der Waals surface area (Å²) in [6.07, 6.45) is 0. The third kappa shape index (κ3) is 2.99. The van der Waals surface area contributed by atoms with Crippen molar-refractivity contribution in [1.29, 1.82) is 0 Å². The highest BCUT2D eigenvalue weighted by molar-refractivity contribution is 7.11. The first-order chi connectivity index (χ1) is 10.5. The van der Waals surface area contributed by atoms with E-state index in [1.54, 1.807) is 11.3 Å². The van der Waals surface area contributed by atoms with Gasteiger partial charge in [-0.3, -0.25) is 4.79 Å². The Morgan fingerprint density at radius 1 is 1.14 bits per heavy atom. The molecule has 1 fully saturated rings. The van der Waals surface area contributed by atoms with E-state index >= 15 is 0 Å². The third-order valence-electron chi connectivity index (χ3n) is 4.04. The lowest BCUT2D eigenvalue weighted by atomic mass is 10.2. The number of carbonyl (C=O) groups excluding carboxylic acids is 1. The van der Waals surface area contributed by atoms with Crippen molar-refractivity contribution in [2.24, 2.45) is 0 Å². The molecular weight excluding hydrogens is 294 g/mol. The van der Waals surface area contributed by atoms with Crippen molar-refractivity contribution in [3.8, 4) is 0 Å². The number of hydrogen-bond donors (Lipinski definition) is 0. The molecule has 1 aromatic heterocycles. The molecule has 0 aliphatic carbocycles. The SMILES string of the molecule is Cc1cccc(N2CCN(C(=O)c3nc(C)sc3C)CC2)c1. The number of aromatic nitrogens is 1. The van der Waals surface area contributed by atoms with Crippen molar-refractivity contribution in [3.63, 3.8) is 0 Å². The van der Waals surface area contributed by atoms with Crippen LogP contribution in [-0.4, -0.2) is 42.0 Å². The number of hydrogen-bond acceptors (Lipinski definition) is 4. The van der Waals surface area contributed by atoms with E-state index in [4.69, 9.17) is 0 Å². The normalized spacial score (nSPS) is 15.2. The van der Waals surface area contributed by atoms with Crippen molar-refractivity contribution in [3.05, 3.63) is 45.4 Å². The van der Waals surface area contributed by atoms with Crippen molar-refractivity contribution in [2.45, 2.75) is 20.8 Å². The molecule has 3 rings (SSSR count). The van der Waals surface area contributed by atoms with Crippen LogP contribution in [0.15, 0.2) is 24.3 Å². The largest absolute Gasteiger partial charge is 0.368 e. The molecule has 22 heavy (non-hydrogen) atoms. The predicted molar refractivity (Wildman–Crippen MR) is 90.9 cm³/mol. The van der Waals surface area contributed by atoms with E-state index in [-0.39, 0.29) is 5.91 Å². The second kappa shape index (κ2) is 6.08. The maximum absolute atomic E-state index is 12.6. The van der Waals surface area contributed by atoms with Crippen LogP contribution in [0.4, 0.5) is 5.69 Å². The van der Waals surface area contributed by atoms with Crippen LogP contribution in [0.5, 0.6) is 0 Å². The lowest BCUT2D eigenvalue weighted by Crippen LogP contribution is -2.49. The number of rotatable bonds is 2. The van der Waals surface area contributed by atoms with Gasteiger partial charge < -0.3 is 9.80 Å². The number of benzene rings is 1. The molecule has 0 radical (unpaired) electrons. The zero-order chi connectivity index (χ0) is 15.7. The summed E-state index contributed by atoms with van der Waals surface area (Å²) in [4.78, 5) is 22.3. The zero-order valence-electron chi connectivity index (χ0n) is 13.3. The summed E-state index contributed by atoms with van der Waals surface area (Å²) in [5.41, 5.74) is 3.14. The lowest BCUT2D eigenvalue weighted by Gasteiger charge is -2.36. The molecule has 0 N–H and O–H groups in total. The van der Waals surface area contributed by atoms with Crippen LogP contribution >= 0.6 is 11.3 Å². The lowest BCUT2D eigenvalue weighted by molar-refractivity contribution is 0.0741. The Bertz CT molecular complexity index is 687. The average Bonchev–Trinajstić information content (AvgIpc) is 2.85. The summed E-state index contributed by atoms with van der Waals surface area (Å²) in [5, 5.41) is 0.958. The Hall–Kier alpha value is -1.88. The molecule has 2 aromatic rings. The Balaban J connectivity index is 1.67. The smallest absolute Gasteiger partial charge is 0.273 e. The monoisotopic (exact) mass is 315 g/mol. The van der Waals surface area contributed by atoms with E-state index in [9.17, 15) is 4.79 Å². The van der Waals surface area contributed by atoms with Gasteiger partial charge in [0, 0.05) is 36.7 Å². The number of carbonyl (C=O) groups is 1. The molecule has 5 heteroatoms. The van der Waals surface area contributed by atoms with Gasteiger partial charge in [-0.15, -0.1) is 11.3 Å². The second-order valence-electron chi connectivity index (χ2n) is 5.76. The molecule has 1 aromatic carbocycles. The fourth-order valence-electron chi connectivity index (χ4n) is 2.87. The molecule has 0 saturated carbocycles. The Morgan fingerprint density at radius 2 is 1.86 bits per heavy atom. The second-order valence-corrected chi connectivity index (χ2v) is 7.16. The number of amides is 1. The first-order valence-electron chi connectivity index (χ1n) is 7.59. The van der Waals surface area contributed by atoms with Gasteiger partial charge in [0.2, 0.25) is 0 Å². The number of thiazole rings is 1. The maximum atomic E-state index is 12.6. The Kier molecular flexibility index (Phi) is 4.16. The van der Waals surface area contributed by atoms with E-state index in [1.807, 2.05) is 18.7 Å². The highest BCUT2D eigenvalue weighted by Gasteiger charge is 2.25. The van der Waals surface area contributed by atoms with Crippen LogP contribution < -0.4 is 4.90 Å². The molecular formula is C17H21N3OS. The highest BCUT2D eigenvalue weighted by Crippen LogP contribution is 2.21. The molecule has 1 aliphatic heterocycles. The first kappa shape index (κ1) is 15.0. The molecule has 116 valence electrons. The average molecular weight is 315 g/mol. The van der Waals surface area contributed by atoms with E-state index in [0.717, 1.165) is 36.1 Å². The number of piperazine rings is 1. The van der Waals surface area contributed by atoms with Crippen LogP contribution in [0.1, 0.15) is 25.9 Å². The summed E-state index contributed by atoms with van der Waals surface area (Å²) >= 11 is 1.59. The summed E-state index contributed by atoms with van der Waals surface area (Å²) < 4.78 is 0. The summed E-state index contributed by atoms with van der Waals surface area (Å²) in [6.45, 7) is 9.28. The van der Waals surface area contributed by atoms with Crippen molar-refractivity contribution < 1.29 is 4.79 Å².